The van der Waals surface area contributed by atoms with Crippen LogP contribution in [0.4, 0.5) is 22.7 Å². The minimum atomic E-state index is -0.539. The number of ether oxygens (including phenoxy) is 1. The number of azo groups is 1. The fraction of sp³-hybridized carbons (Fsp3) is 0.227. The molecule has 0 aliphatic rings. The summed E-state index contributed by atoms with van der Waals surface area (Å²) < 4.78 is 5.57. The molecule has 10 nitrogen and oxygen atoms in total. The molecule has 0 aliphatic carbocycles. The van der Waals surface area contributed by atoms with E-state index in [1.54, 1.807) is 36.4 Å². The Kier molecular flexibility index (Phi) is 12.8. The Morgan fingerprint density at radius 1 is 0.722 bits per heavy atom. The van der Waals surface area contributed by atoms with Crippen molar-refractivity contribution >= 4 is 56.1 Å². The van der Waals surface area contributed by atoms with Gasteiger partial charge in [-0.25, -0.2) is 0 Å². The van der Waals surface area contributed by atoms with E-state index in [0.29, 0.717) is 40.0 Å². The molecule has 10 heteroatoms. The number of anilines is 2. The molecule has 0 fully saturated rings. The maximum atomic E-state index is 13.9. The molecule has 6 aromatic rings. The Balaban J connectivity index is 1.31. The van der Waals surface area contributed by atoms with E-state index >= 15 is 0 Å². The number of nitrogens with one attached hydrogen (secondary N) is 3. The summed E-state index contributed by atoms with van der Waals surface area (Å²) in [6.07, 6.45) is 6.74. The summed E-state index contributed by atoms with van der Waals surface area (Å²) in [5.74, 6) is -0.650. The molecule has 0 spiro atoms. The highest BCUT2D eigenvalue weighted by atomic mass is 16.6. The summed E-state index contributed by atoms with van der Waals surface area (Å²) in [5.41, 5.74) is 6.00. The molecule has 0 aromatic heterocycles. The number of fused-ring (bicyclic) bond motifs is 2. The third-order valence-corrected chi connectivity index (χ3v) is 9.15. The lowest BCUT2D eigenvalue weighted by molar-refractivity contribution is 0.0952. The first-order chi connectivity index (χ1) is 26.4. The van der Waals surface area contributed by atoms with Gasteiger partial charge in [0.25, 0.3) is 11.8 Å². The van der Waals surface area contributed by atoms with Crippen molar-refractivity contribution in [3.05, 3.63) is 132 Å². The lowest BCUT2D eigenvalue weighted by Gasteiger charge is -2.14. The fourth-order valence-electron chi connectivity index (χ4n) is 6.24. The number of unbranched alkanes of at least 4 members (excludes halogenated alkanes) is 5. The van der Waals surface area contributed by atoms with Gasteiger partial charge in [-0.1, -0.05) is 106 Å². The van der Waals surface area contributed by atoms with Crippen molar-refractivity contribution in [1.82, 2.24) is 5.32 Å². The average molecular weight is 724 g/mol. The number of para-hydroxylation sites is 1. The van der Waals surface area contributed by atoms with Crippen LogP contribution in [0.25, 0.3) is 21.5 Å². The molecule has 0 atom stereocenters. The van der Waals surface area contributed by atoms with Crippen LogP contribution in [-0.4, -0.2) is 30.6 Å². The summed E-state index contributed by atoms with van der Waals surface area (Å²) in [6.45, 7) is 2.99. The summed E-state index contributed by atoms with van der Waals surface area (Å²) in [4.78, 5) is 32.8. The van der Waals surface area contributed by atoms with E-state index in [1.165, 1.54) is 26.4 Å². The van der Waals surface area contributed by atoms with Crippen molar-refractivity contribution in [2.45, 2.75) is 52.1 Å². The zero-order chi connectivity index (χ0) is 37.7. The number of benzene rings is 6. The molecule has 0 aliphatic heterocycles. The molecule has 0 radical (unpaired) electrons. The van der Waals surface area contributed by atoms with Gasteiger partial charge in [-0.2, -0.15) is 0 Å². The molecular formula is C44H45N5O5. The minimum absolute atomic E-state index is 0.0184. The van der Waals surface area contributed by atoms with Gasteiger partial charge in [0.15, 0.2) is 5.75 Å². The smallest absolute Gasteiger partial charge is 0.259 e. The number of hydrogen-bond donors (Lipinski definition) is 4. The highest BCUT2D eigenvalue weighted by Crippen LogP contribution is 2.41. The van der Waals surface area contributed by atoms with Gasteiger partial charge in [-0.05, 0) is 71.3 Å². The lowest BCUT2D eigenvalue weighted by Crippen LogP contribution is -2.24. The van der Waals surface area contributed by atoms with Crippen LogP contribution in [0.15, 0.2) is 125 Å². The highest BCUT2D eigenvalue weighted by molar-refractivity contribution is 6.14. The van der Waals surface area contributed by atoms with Crippen LogP contribution in [0, 0.1) is 0 Å². The van der Waals surface area contributed by atoms with Gasteiger partial charge in [0, 0.05) is 28.6 Å². The number of phenols is 1. The molecule has 4 N–H and O–H groups in total. The van der Waals surface area contributed by atoms with Gasteiger partial charge < -0.3 is 20.5 Å². The second-order valence-corrected chi connectivity index (χ2v) is 13.0. The van der Waals surface area contributed by atoms with E-state index in [1.807, 2.05) is 78.9 Å². The van der Waals surface area contributed by atoms with Crippen molar-refractivity contribution in [2.24, 2.45) is 10.2 Å². The monoisotopic (exact) mass is 723 g/mol. The first-order valence-electron chi connectivity index (χ1n) is 18.3. The summed E-state index contributed by atoms with van der Waals surface area (Å²) in [7, 11) is 1.53. The van der Waals surface area contributed by atoms with Gasteiger partial charge >= 0.3 is 0 Å². The van der Waals surface area contributed by atoms with Crippen LogP contribution >= 0.6 is 0 Å². The van der Waals surface area contributed by atoms with Crippen LogP contribution in [0.2, 0.25) is 0 Å². The number of carbonyl (C=O) groups is 2. The third kappa shape index (κ3) is 9.39. The van der Waals surface area contributed by atoms with Crippen molar-refractivity contribution in [3.8, 4) is 11.5 Å². The van der Waals surface area contributed by atoms with Crippen LogP contribution in [0.3, 0.4) is 0 Å². The van der Waals surface area contributed by atoms with Crippen molar-refractivity contribution in [1.29, 1.82) is 0 Å². The van der Waals surface area contributed by atoms with Crippen molar-refractivity contribution in [3.63, 3.8) is 0 Å². The average Bonchev–Trinajstić information content (AvgIpc) is 3.20. The van der Waals surface area contributed by atoms with Crippen LogP contribution in [0.1, 0.15) is 71.7 Å². The molecule has 0 saturated heterocycles. The molecule has 2 amide bonds. The zero-order valence-electron chi connectivity index (χ0n) is 30.6. The predicted molar refractivity (Wildman–Crippen MR) is 215 cm³/mol. The van der Waals surface area contributed by atoms with Gasteiger partial charge in [0.05, 0.1) is 25.0 Å². The van der Waals surface area contributed by atoms with E-state index in [-0.39, 0.29) is 29.5 Å². The van der Waals surface area contributed by atoms with Gasteiger partial charge in [0.2, 0.25) is 0 Å². The van der Waals surface area contributed by atoms with E-state index in [4.69, 9.17) is 9.57 Å². The molecule has 0 saturated carbocycles. The first kappa shape index (κ1) is 37.5. The SMILES string of the molecule is CCCCCCCCNC(=O)c1ccc2c(N=Nc3cc(CONc4ccccc4)ccc3OC)c(O)c(C(=O)Nc3cccc4ccccc34)cc2c1. The number of amides is 2. The van der Waals surface area contributed by atoms with Gasteiger partial charge in [-0.15, -0.1) is 10.2 Å². The number of methoxy groups -OCH3 is 1. The van der Waals surface area contributed by atoms with E-state index < -0.39 is 5.91 Å². The number of carbonyl (C=O) groups excluding carboxylic acids is 2. The quantitative estimate of drug-likeness (QED) is 0.0420. The molecule has 0 unspecified atom stereocenters. The second-order valence-electron chi connectivity index (χ2n) is 13.0. The Hall–Kier alpha value is -6.26. The molecule has 54 heavy (non-hydrogen) atoms. The zero-order valence-corrected chi connectivity index (χ0v) is 30.6. The van der Waals surface area contributed by atoms with Crippen LogP contribution in [0.5, 0.6) is 11.5 Å². The Labute approximate surface area is 315 Å². The highest BCUT2D eigenvalue weighted by Gasteiger charge is 2.21. The number of rotatable bonds is 17. The molecule has 276 valence electrons. The Morgan fingerprint density at radius 2 is 1.50 bits per heavy atom. The topological polar surface area (TPSA) is 134 Å². The second kappa shape index (κ2) is 18.5. The van der Waals surface area contributed by atoms with Gasteiger partial charge in [-0.3, -0.25) is 19.9 Å². The molecule has 0 bridgehead atoms. The Morgan fingerprint density at radius 3 is 2.33 bits per heavy atom. The maximum absolute atomic E-state index is 13.9. The molecule has 6 aromatic carbocycles. The molecule has 6 rings (SSSR count). The predicted octanol–water partition coefficient (Wildman–Crippen LogP) is 11.0. The fourth-order valence-corrected chi connectivity index (χ4v) is 6.24. The number of nitrogens with zero attached hydrogens (tertiary/aromatic N) is 2. The number of aromatic hydroxyl groups is 1. The summed E-state index contributed by atoms with van der Waals surface area (Å²) in [5, 5.41) is 29.5. The van der Waals surface area contributed by atoms with Crippen molar-refractivity contribution in [2.75, 3.05) is 24.5 Å². The number of hydrogen-bond acceptors (Lipinski definition) is 8. The van der Waals surface area contributed by atoms with Crippen LogP contribution < -0.4 is 20.9 Å². The summed E-state index contributed by atoms with van der Waals surface area (Å²) >= 11 is 0. The third-order valence-electron chi connectivity index (χ3n) is 9.15. The maximum Gasteiger partial charge on any atom is 0.259 e. The summed E-state index contributed by atoms with van der Waals surface area (Å²) in [6, 6.07) is 35.0. The minimum Gasteiger partial charge on any atom is -0.505 e. The van der Waals surface area contributed by atoms with E-state index in [2.05, 4.69) is 33.3 Å². The van der Waals surface area contributed by atoms with Crippen LogP contribution in [-0.2, 0) is 11.4 Å². The normalized spacial score (nSPS) is 11.2. The molecular weight excluding hydrogens is 679 g/mol. The Bertz CT molecular complexity index is 2250. The first-order valence-corrected chi connectivity index (χ1v) is 18.3. The van der Waals surface area contributed by atoms with E-state index in [9.17, 15) is 14.7 Å². The van der Waals surface area contributed by atoms with E-state index in [0.717, 1.165) is 41.3 Å². The lowest BCUT2D eigenvalue weighted by atomic mass is 10.00. The molecule has 0 heterocycles. The standard InChI is InChI=1S/C44H45N5O5/c1-3-4-5-6-7-13-25-45-43(51)32-22-23-36-33(27-32)28-37(44(52)46-38-20-14-16-31-15-11-12-19-35(31)38)42(50)41(36)48-47-39-26-30(21-24-40(39)53-2)29-54-49-34-17-9-8-10-18-34/h8-12,14-24,26-28,49-50H,3-7,13,25,29H2,1-2H3,(H,45,51)(H,46,52). The van der Waals surface area contributed by atoms with Gasteiger partial charge in [0.1, 0.15) is 17.1 Å². The number of phenolic OH excluding ortho intramolecular Hbond substituents is 1. The largest absolute Gasteiger partial charge is 0.505 e. The van der Waals surface area contributed by atoms with Crippen molar-refractivity contribution < 1.29 is 24.3 Å².